The lowest BCUT2D eigenvalue weighted by Gasteiger charge is -2.00. The van der Waals surface area contributed by atoms with Gasteiger partial charge in [-0.1, -0.05) is 23.2 Å². The smallest absolute Gasteiger partial charge is 0.249 e. The van der Waals surface area contributed by atoms with E-state index in [0.717, 1.165) is 0 Å². The van der Waals surface area contributed by atoms with Gasteiger partial charge in [0.1, 0.15) is 6.54 Å². The van der Waals surface area contributed by atoms with Crippen LogP contribution in [-0.2, 0) is 11.2 Å². The zero-order chi connectivity index (χ0) is 15.9. The monoisotopic (exact) mass is 338 g/mol. The maximum atomic E-state index is 11.3. The average Bonchev–Trinajstić information content (AvgIpc) is 2.93. The average molecular weight is 339 g/mol. The van der Waals surface area contributed by atoms with Crippen LogP contribution in [0.5, 0.6) is 0 Å². The lowest BCUT2D eigenvalue weighted by Crippen LogP contribution is -2.23. The second-order valence-electron chi connectivity index (χ2n) is 4.41. The van der Waals surface area contributed by atoms with E-state index < -0.39 is 0 Å². The van der Waals surface area contributed by atoms with E-state index in [9.17, 15) is 4.79 Å². The summed E-state index contributed by atoms with van der Waals surface area (Å²) in [5, 5.41) is 19.6. The molecule has 6 nitrogen and oxygen atoms in total. The van der Waals surface area contributed by atoms with Gasteiger partial charge < -0.3 is 9.73 Å². The highest BCUT2D eigenvalue weighted by Gasteiger charge is 2.12. The summed E-state index contributed by atoms with van der Waals surface area (Å²) in [5.74, 6) is 0.557. The standard InChI is InChI=1S/C14H12Cl2N4O2/c15-9-4-5-10(11(16)8-9)14-20-19-13(22-14)3-1-2-12(21)18-7-6-17/h4-5,8H,1-3,7H2,(H,18,21). The molecule has 0 spiro atoms. The molecular weight excluding hydrogens is 327 g/mol. The Labute approximate surface area is 137 Å². The van der Waals surface area contributed by atoms with Crippen LogP contribution in [0.25, 0.3) is 11.5 Å². The third-order valence-corrected chi connectivity index (χ3v) is 3.34. The third kappa shape index (κ3) is 4.45. The van der Waals surface area contributed by atoms with Crippen LogP contribution in [-0.4, -0.2) is 22.6 Å². The summed E-state index contributed by atoms with van der Waals surface area (Å²) in [7, 11) is 0. The number of amides is 1. The largest absolute Gasteiger partial charge is 0.421 e. The van der Waals surface area contributed by atoms with E-state index in [0.29, 0.717) is 46.7 Å². The Morgan fingerprint density at radius 3 is 2.91 bits per heavy atom. The molecular formula is C14H12Cl2N4O2. The summed E-state index contributed by atoms with van der Waals surface area (Å²) in [6.45, 7) is 0.0125. The molecule has 0 bridgehead atoms. The molecule has 0 aliphatic heterocycles. The van der Waals surface area contributed by atoms with E-state index in [1.165, 1.54) is 0 Å². The molecule has 22 heavy (non-hydrogen) atoms. The van der Waals surface area contributed by atoms with Crippen molar-refractivity contribution < 1.29 is 9.21 Å². The molecule has 2 aromatic rings. The molecule has 1 aromatic heterocycles. The highest BCUT2D eigenvalue weighted by molar-refractivity contribution is 6.36. The van der Waals surface area contributed by atoms with Crippen LogP contribution in [0.2, 0.25) is 10.0 Å². The Morgan fingerprint density at radius 1 is 1.36 bits per heavy atom. The van der Waals surface area contributed by atoms with Gasteiger partial charge in [-0.05, 0) is 24.6 Å². The minimum absolute atomic E-state index is 0.0125. The van der Waals surface area contributed by atoms with Gasteiger partial charge in [-0.3, -0.25) is 4.79 Å². The van der Waals surface area contributed by atoms with E-state index in [1.807, 2.05) is 6.07 Å². The van der Waals surface area contributed by atoms with Crippen molar-refractivity contribution in [3.05, 3.63) is 34.1 Å². The summed E-state index contributed by atoms with van der Waals surface area (Å²) >= 11 is 11.9. The lowest BCUT2D eigenvalue weighted by molar-refractivity contribution is -0.120. The van der Waals surface area contributed by atoms with Crippen LogP contribution < -0.4 is 5.32 Å². The maximum Gasteiger partial charge on any atom is 0.249 e. The lowest BCUT2D eigenvalue weighted by atomic mass is 10.2. The molecule has 1 amide bonds. The molecule has 0 unspecified atom stereocenters. The number of hydrogen-bond acceptors (Lipinski definition) is 5. The highest BCUT2D eigenvalue weighted by atomic mass is 35.5. The molecule has 8 heteroatoms. The molecule has 0 atom stereocenters. The number of nitrogens with zero attached hydrogens (tertiary/aromatic N) is 3. The SMILES string of the molecule is N#CCNC(=O)CCCc1nnc(-c2ccc(Cl)cc2Cl)o1. The first-order valence-electron chi connectivity index (χ1n) is 6.51. The van der Waals surface area contributed by atoms with E-state index in [4.69, 9.17) is 32.9 Å². The van der Waals surface area contributed by atoms with Gasteiger partial charge in [0.25, 0.3) is 0 Å². The number of halogens is 2. The number of carbonyl (C=O) groups excluding carboxylic acids is 1. The Bertz CT molecular complexity index is 709. The number of nitrogens with one attached hydrogen (secondary N) is 1. The van der Waals surface area contributed by atoms with Gasteiger partial charge in [0.2, 0.25) is 17.7 Å². The summed E-state index contributed by atoms with van der Waals surface area (Å²) in [4.78, 5) is 11.3. The number of nitriles is 1. The number of rotatable bonds is 6. The fourth-order valence-corrected chi connectivity index (χ4v) is 2.24. The van der Waals surface area contributed by atoms with Gasteiger partial charge in [0.15, 0.2) is 0 Å². The quantitative estimate of drug-likeness (QED) is 0.817. The van der Waals surface area contributed by atoms with E-state index in [-0.39, 0.29) is 12.5 Å². The molecule has 1 aromatic carbocycles. The molecule has 0 fully saturated rings. The molecule has 1 N–H and O–H groups in total. The van der Waals surface area contributed by atoms with Crippen molar-refractivity contribution in [1.29, 1.82) is 5.26 Å². The summed E-state index contributed by atoms with van der Waals surface area (Å²) in [6, 6.07) is 6.83. The first kappa shape index (κ1) is 16.3. The Morgan fingerprint density at radius 2 is 2.18 bits per heavy atom. The zero-order valence-electron chi connectivity index (χ0n) is 11.5. The van der Waals surface area contributed by atoms with Gasteiger partial charge >= 0.3 is 0 Å². The number of hydrogen-bond donors (Lipinski definition) is 1. The van der Waals surface area contributed by atoms with Crippen molar-refractivity contribution in [3.8, 4) is 17.5 Å². The maximum absolute atomic E-state index is 11.3. The van der Waals surface area contributed by atoms with E-state index in [2.05, 4.69) is 15.5 Å². The van der Waals surface area contributed by atoms with Crippen LogP contribution >= 0.6 is 23.2 Å². The van der Waals surface area contributed by atoms with Gasteiger partial charge in [-0.2, -0.15) is 5.26 Å². The van der Waals surface area contributed by atoms with Crippen molar-refractivity contribution >= 4 is 29.1 Å². The molecule has 0 saturated heterocycles. The number of aromatic nitrogens is 2. The van der Waals surface area contributed by atoms with Crippen LogP contribution in [0.1, 0.15) is 18.7 Å². The number of carbonyl (C=O) groups is 1. The first-order chi connectivity index (χ1) is 10.6. The molecule has 0 aliphatic rings. The van der Waals surface area contributed by atoms with Gasteiger partial charge in [-0.15, -0.1) is 10.2 Å². The Hall–Kier alpha value is -2.10. The fraction of sp³-hybridized carbons (Fsp3) is 0.286. The predicted octanol–water partition coefficient (Wildman–Crippen LogP) is 3.01. The molecule has 1 heterocycles. The summed E-state index contributed by atoms with van der Waals surface area (Å²) < 4.78 is 5.52. The predicted molar refractivity (Wildman–Crippen MR) is 81.3 cm³/mol. The summed E-state index contributed by atoms with van der Waals surface area (Å²) in [6.07, 6.45) is 1.31. The third-order valence-electron chi connectivity index (χ3n) is 2.79. The van der Waals surface area contributed by atoms with E-state index in [1.54, 1.807) is 18.2 Å². The zero-order valence-corrected chi connectivity index (χ0v) is 13.0. The minimum atomic E-state index is -0.179. The van der Waals surface area contributed by atoms with Crippen molar-refractivity contribution in [1.82, 2.24) is 15.5 Å². The summed E-state index contributed by atoms with van der Waals surface area (Å²) in [5.41, 5.74) is 0.608. The fourth-order valence-electron chi connectivity index (χ4n) is 1.75. The normalized spacial score (nSPS) is 10.2. The van der Waals surface area contributed by atoms with E-state index >= 15 is 0 Å². The van der Waals surface area contributed by atoms with Gasteiger partial charge in [0, 0.05) is 17.9 Å². The molecule has 114 valence electrons. The number of aryl methyl sites for hydroxylation is 1. The van der Waals surface area contributed by atoms with Crippen molar-refractivity contribution in [2.75, 3.05) is 6.54 Å². The van der Waals surface area contributed by atoms with Crippen LogP contribution in [0.4, 0.5) is 0 Å². The Kier molecular flexibility index (Phi) is 5.75. The van der Waals surface area contributed by atoms with Crippen LogP contribution in [0.15, 0.2) is 22.6 Å². The Balaban J connectivity index is 1.92. The topological polar surface area (TPSA) is 91.8 Å². The van der Waals surface area contributed by atoms with Gasteiger partial charge in [-0.25, -0.2) is 0 Å². The molecule has 0 aliphatic carbocycles. The van der Waals surface area contributed by atoms with Crippen LogP contribution in [0.3, 0.4) is 0 Å². The van der Waals surface area contributed by atoms with Gasteiger partial charge in [0.05, 0.1) is 16.7 Å². The molecule has 0 saturated carbocycles. The minimum Gasteiger partial charge on any atom is -0.421 e. The van der Waals surface area contributed by atoms with Crippen molar-refractivity contribution in [2.45, 2.75) is 19.3 Å². The van der Waals surface area contributed by atoms with Crippen molar-refractivity contribution in [2.24, 2.45) is 0 Å². The van der Waals surface area contributed by atoms with Crippen molar-refractivity contribution in [3.63, 3.8) is 0 Å². The van der Waals surface area contributed by atoms with Crippen LogP contribution in [0, 0.1) is 11.3 Å². The highest BCUT2D eigenvalue weighted by Crippen LogP contribution is 2.29. The number of benzene rings is 1. The molecule has 2 rings (SSSR count). The second-order valence-corrected chi connectivity index (χ2v) is 5.26. The second kappa shape index (κ2) is 7.78. The molecule has 0 radical (unpaired) electrons. The first-order valence-corrected chi connectivity index (χ1v) is 7.27.